The van der Waals surface area contributed by atoms with Gasteiger partial charge in [0, 0.05) is 6.04 Å². The summed E-state index contributed by atoms with van der Waals surface area (Å²) in [7, 11) is 1.64. The first-order chi connectivity index (χ1) is 9.63. The molecule has 0 radical (unpaired) electrons. The molecule has 0 bridgehead atoms. The molecule has 1 heterocycles. The highest BCUT2D eigenvalue weighted by atomic mass is 16.5. The van der Waals surface area contributed by atoms with Gasteiger partial charge in [0.1, 0.15) is 17.6 Å². The molecule has 1 aromatic carbocycles. The molecule has 5 heteroatoms. The van der Waals surface area contributed by atoms with Crippen molar-refractivity contribution in [1.29, 1.82) is 5.26 Å². The number of methoxy groups -OCH3 is 1. The lowest BCUT2D eigenvalue weighted by molar-refractivity contribution is 0.414. The molecule has 3 N–H and O–H groups in total. The van der Waals surface area contributed by atoms with Gasteiger partial charge in [-0.15, -0.1) is 0 Å². The van der Waals surface area contributed by atoms with Crippen molar-refractivity contribution < 1.29 is 4.74 Å². The van der Waals surface area contributed by atoms with Crippen molar-refractivity contribution in [3.05, 3.63) is 47.7 Å². The fourth-order valence-electron chi connectivity index (χ4n) is 1.84. The number of nitrogens with zero attached hydrogens (tertiary/aromatic N) is 2. The molecule has 0 fully saturated rings. The van der Waals surface area contributed by atoms with Crippen molar-refractivity contribution >= 4 is 11.5 Å². The van der Waals surface area contributed by atoms with Crippen LogP contribution in [0.5, 0.6) is 5.75 Å². The Balaban J connectivity index is 2.14. The Morgan fingerprint density at radius 2 is 1.95 bits per heavy atom. The Morgan fingerprint density at radius 3 is 2.55 bits per heavy atom. The topological polar surface area (TPSA) is 84.0 Å². The summed E-state index contributed by atoms with van der Waals surface area (Å²) in [6, 6.07) is 13.3. The van der Waals surface area contributed by atoms with Gasteiger partial charge in [-0.25, -0.2) is 4.98 Å². The van der Waals surface area contributed by atoms with Crippen molar-refractivity contribution in [2.45, 2.75) is 13.0 Å². The highest BCUT2D eigenvalue weighted by Crippen LogP contribution is 2.21. The summed E-state index contributed by atoms with van der Waals surface area (Å²) in [5.74, 6) is 1.44. The molecule has 0 aliphatic carbocycles. The molecule has 0 aliphatic rings. The van der Waals surface area contributed by atoms with Crippen LogP contribution in [-0.4, -0.2) is 12.1 Å². The van der Waals surface area contributed by atoms with E-state index in [1.54, 1.807) is 19.2 Å². The summed E-state index contributed by atoms with van der Waals surface area (Å²) >= 11 is 0. The third-order valence-corrected chi connectivity index (χ3v) is 3.01. The predicted molar refractivity (Wildman–Crippen MR) is 78.4 cm³/mol. The zero-order chi connectivity index (χ0) is 14.5. The number of hydrogen-bond acceptors (Lipinski definition) is 5. The number of aromatic nitrogens is 1. The summed E-state index contributed by atoms with van der Waals surface area (Å²) in [4.78, 5) is 4.17. The van der Waals surface area contributed by atoms with E-state index in [-0.39, 0.29) is 11.7 Å². The molecule has 0 aliphatic heterocycles. The van der Waals surface area contributed by atoms with E-state index >= 15 is 0 Å². The Hall–Kier alpha value is -2.74. The highest BCUT2D eigenvalue weighted by Gasteiger charge is 2.08. The Kier molecular flexibility index (Phi) is 4.06. The van der Waals surface area contributed by atoms with Crippen molar-refractivity contribution in [3.8, 4) is 11.8 Å². The second-order valence-electron chi connectivity index (χ2n) is 4.39. The molecule has 1 unspecified atom stereocenters. The summed E-state index contributed by atoms with van der Waals surface area (Å²) in [6.45, 7) is 2.02. The van der Waals surface area contributed by atoms with E-state index in [1.165, 1.54) is 0 Å². The first kappa shape index (κ1) is 13.7. The second kappa shape index (κ2) is 5.93. The SMILES string of the molecule is COc1ccc(C(C)Nc2ccc(N)c(C#N)n2)cc1. The highest BCUT2D eigenvalue weighted by molar-refractivity contribution is 5.55. The van der Waals surface area contributed by atoms with E-state index < -0.39 is 0 Å². The van der Waals surface area contributed by atoms with Crippen molar-refractivity contribution in [2.24, 2.45) is 0 Å². The fourth-order valence-corrected chi connectivity index (χ4v) is 1.84. The number of hydrogen-bond donors (Lipinski definition) is 2. The van der Waals surface area contributed by atoms with Gasteiger partial charge in [-0.05, 0) is 36.8 Å². The molecular weight excluding hydrogens is 252 g/mol. The van der Waals surface area contributed by atoms with Gasteiger partial charge in [0.25, 0.3) is 0 Å². The van der Waals surface area contributed by atoms with Gasteiger partial charge in [-0.1, -0.05) is 12.1 Å². The Bertz CT molecular complexity index is 631. The molecule has 20 heavy (non-hydrogen) atoms. The zero-order valence-corrected chi connectivity index (χ0v) is 11.4. The molecule has 2 rings (SSSR count). The van der Waals surface area contributed by atoms with E-state index in [2.05, 4.69) is 10.3 Å². The molecule has 1 atom stereocenters. The maximum Gasteiger partial charge on any atom is 0.165 e. The molecule has 102 valence electrons. The van der Waals surface area contributed by atoms with Crippen LogP contribution in [0.4, 0.5) is 11.5 Å². The zero-order valence-electron chi connectivity index (χ0n) is 11.4. The lowest BCUT2D eigenvalue weighted by Gasteiger charge is -2.15. The van der Waals surface area contributed by atoms with Crippen LogP contribution in [0.1, 0.15) is 24.2 Å². The van der Waals surface area contributed by atoms with Crippen LogP contribution >= 0.6 is 0 Å². The second-order valence-corrected chi connectivity index (χ2v) is 4.39. The molecule has 0 saturated heterocycles. The minimum absolute atomic E-state index is 0.0589. The number of pyridine rings is 1. The quantitative estimate of drug-likeness (QED) is 0.890. The van der Waals surface area contributed by atoms with Gasteiger partial charge in [0.15, 0.2) is 5.69 Å². The van der Waals surface area contributed by atoms with Crippen LogP contribution in [0.3, 0.4) is 0 Å². The molecule has 5 nitrogen and oxygen atoms in total. The average Bonchev–Trinajstić information content (AvgIpc) is 2.49. The predicted octanol–water partition coefficient (Wildman–Crippen LogP) is 2.72. The van der Waals surface area contributed by atoms with E-state index in [0.29, 0.717) is 11.5 Å². The number of anilines is 2. The molecule has 0 saturated carbocycles. The third kappa shape index (κ3) is 2.98. The molecule has 0 amide bonds. The smallest absolute Gasteiger partial charge is 0.165 e. The molecular formula is C15H16N4O. The van der Waals surface area contributed by atoms with Gasteiger partial charge in [0.05, 0.1) is 12.8 Å². The number of nitrogen functional groups attached to an aromatic ring is 1. The maximum absolute atomic E-state index is 8.92. The Labute approximate surface area is 118 Å². The monoisotopic (exact) mass is 268 g/mol. The minimum atomic E-state index is 0.0589. The van der Waals surface area contributed by atoms with Crippen LogP contribution in [0.15, 0.2) is 36.4 Å². The van der Waals surface area contributed by atoms with Crippen LogP contribution in [0.25, 0.3) is 0 Å². The Morgan fingerprint density at radius 1 is 1.25 bits per heavy atom. The number of benzene rings is 1. The summed E-state index contributed by atoms with van der Waals surface area (Å²) in [6.07, 6.45) is 0. The number of nitrogens with two attached hydrogens (primary N) is 1. The van der Waals surface area contributed by atoms with E-state index in [1.807, 2.05) is 37.3 Å². The lowest BCUT2D eigenvalue weighted by Crippen LogP contribution is -2.09. The van der Waals surface area contributed by atoms with Gasteiger partial charge in [0.2, 0.25) is 0 Å². The normalized spacial score (nSPS) is 11.4. The molecule has 2 aromatic rings. The van der Waals surface area contributed by atoms with Crippen LogP contribution in [-0.2, 0) is 0 Å². The van der Waals surface area contributed by atoms with Crippen molar-refractivity contribution in [1.82, 2.24) is 4.98 Å². The molecule has 1 aromatic heterocycles. The van der Waals surface area contributed by atoms with Crippen molar-refractivity contribution in [3.63, 3.8) is 0 Å². The number of nitrogens with one attached hydrogen (secondary N) is 1. The standard InChI is InChI=1S/C15H16N4O/c1-10(11-3-5-12(20-2)6-4-11)18-15-8-7-13(17)14(9-16)19-15/h3-8,10H,17H2,1-2H3,(H,18,19). The van der Waals surface area contributed by atoms with Crippen molar-refractivity contribution in [2.75, 3.05) is 18.2 Å². The lowest BCUT2D eigenvalue weighted by atomic mass is 10.1. The number of ether oxygens (including phenoxy) is 1. The van der Waals surface area contributed by atoms with Gasteiger partial charge >= 0.3 is 0 Å². The van der Waals surface area contributed by atoms with Crippen LogP contribution in [0, 0.1) is 11.3 Å². The van der Waals surface area contributed by atoms with E-state index in [0.717, 1.165) is 11.3 Å². The third-order valence-electron chi connectivity index (χ3n) is 3.01. The van der Waals surface area contributed by atoms with Gasteiger partial charge < -0.3 is 15.8 Å². The fraction of sp³-hybridized carbons (Fsp3) is 0.200. The van der Waals surface area contributed by atoms with E-state index in [4.69, 9.17) is 15.7 Å². The summed E-state index contributed by atoms with van der Waals surface area (Å²) < 4.78 is 5.13. The minimum Gasteiger partial charge on any atom is -0.497 e. The first-order valence-corrected chi connectivity index (χ1v) is 6.21. The maximum atomic E-state index is 8.92. The van der Waals surface area contributed by atoms with E-state index in [9.17, 15) is 0 Å². The number of rotatable bonds is 4. The molecule has 0 spiro atoms. The van der Waals surface area contributed by atoms with Gasteiger partial charge in [-0.2, -0.15) is 5.26 Å². The average molecular weight is 268 g/mol. The summed E-state index contributed by atoms with van der Waals surface area (Å²) in [5, 5.41) is 12.2. The van der Waals surface area contributed by atoms with Gasteiger partial charge in [-0.3, -0.25) is 0 Å². The summed E-state index contributed by atoms with van der Waals surface area (Å²) in [5.41, 5.74) is 7.36. The van der Waals surface area contributed by atoms with Crippen LogP contribution < -0.4 is 15.8 Å². The van der Waals surface area contributed by atoms with Crippen LogP contribution in [0.2, 0.25) is 0 Å². The number of nitriles is 1. The largest absolute Gasteiger partial charge is 0.497 e. The first-order valence-electron chi connectivity index (χ1n) is 6.21.